The van der Waals surface area contributed by atoms with Crippen LogP contribution in [0.15, 0.2) is 54.1 Å². The van der Waals surface area contributed by atoms with Gasteiger partial charge in [-0.05, 0) is 49.1 Å². The Morgan fingerprint density at radius 3 is 2.48 bits per heavy atom. The third-order valence-corrected chi connectivity index (χ3v) is 4.90. The topological polar surface area (TPSA) is 12.0 Å². The molecule has 23 heavy (non-hydrogen) atoms. The van der Waals surface area contributed by atoms with Gasteiger partial charge in [0.15, 0.2) is 0 Å². The molecule has 2 atom stereocenters. The molecule has 1 aliphatic rings. The Morgan fingerprint density at radius 2 is 1.70 bits per heavy atom. The molecule has 0 aromatic heterocycles. The molecule has 0 saturated carbocycles. The highest BCUT2D eigenvalue weighted by atomic mass is 14.9. The largest absolute Gasteiger partial charge is 0.310 e. The number of benzene rings is 2. The molecule has 2 aromatic carbocycles. The molecule has 120 valence electrons. The Hall–Kier alpha value is -1.86. The quantitative estimate of drug-likeness (QED) is 0.676. The highest BCUT2D eigenvalue weighted by Crippen LogP contribution is 2.42. The van der Waals surface area contributed by atoms with Gasteiger partial charge in [0, 0.05) is 12.0 Å². The number of hydrogen-bond acceptors (Lipinski definition) is 1. The van der Waals surface area contributed by atoms with E-state index < -0.39 is 0 Å². The summed E-state index contributed by atoms with van der Waals surface area (Å²) in [4.78, 5) is 0. The predicted molar refractivity (Wildman–Crippen MR) is 99.7 cm³/mol. The summed E-state index contributed by atoms with van der Waals surface area (Å²) in [6, 6.07) is 18.1. The van der Waals surface area contributed by atoms with Gasteiger partial charge < -0.3 is 5.32 Å². The molecule has 0 saturated heterocycles. The maximum Gasteiger partial charge on any atom is 0.0308 e. The Bertz CT molecular complexity index is 699. The van der Waals surface area contributed by atoms with Crippen LogP contribution in [0.5, 0.6) is 0 Å². The molecule has 0 spiro atoms. The zero-order chi connectivity index (χ0) is 16.2. The van der Waals surface area contributed by atoms with Gasteiger partial charge in [0.25, 0.3) is 0 Å². The normalized spacial score (nSPS) is 17.7. The van der Waals surface area contributed by atoms with Crippen LogP contribution in [0.3, 0.4) is 0 Å². The third-order valence-electron chi connectivity index (χ3n) is 4.90. The molecule has 0 fully saturated rings. The molecular weight excluding hydrogens is 278 g/mol. The second-order valence-corrected chi connectivity index (χ2v) is 6.61. The van der Waals surface area contributed by atoms with Crippen LogP contribution in [0.4, 0.5) is 0 Å². The Kier molecular flexibility index (Phi) is 4.97. The smallest absolute Gasteiger partial charge is 0.0308 e. The summed E-state index contributed by atoms with van der Waals surface area (Å²) in [7, 11) is 0. The fourth-order valence-electron chi connectivity index (χ4n) is 3.67. The molecular formula is C22H27N. The van der Waals surface area contributed by atoms with Crippen molar-refractivity contribution in [3.8, 4) is 0 Å². The zero-order valence-electron chi connectivity index (χ0n) is 14.5. The van der Waals surface area contributed by atoms with Gasteiger partial charge in [-0.1, -0.05) is 73.5 Å². The highest BCUT2D eigenvalue weighted by Gasteiger charge is 2.26. The van der Waals surface area contributed by atoms with E-state index in [4.69, 9.17) is 0 Å². The highest BCUT2D eigenvalue weighted by molar-refractivity contribution is 5.69. The van der Waals surface area contributed by atoms with Gasteiger partial charge in [-0.3, -0.25) is 0 Å². The summed E-state index contributed by atoms with van der Waals surface area (Å²) < 4.78 is 0. The van der Waals surface area contributed by atoms with Crippen molar-refractivity contribution in [2.45, 2.75) is 45.6 Å². The molecule has 1 aliphatic carbocycles. The summed E-state index contributed by atoms with van der Waals surface area (Å²) in [5, 5.41) is 3.68. The van der Waals surface area contributed by atoms with E-state index >= 15 is 0 Å². The first kappa shape index (κ1) is 16.0. The second kappa shape index (κ2) is 7.14. The minimum Gasteiger partial charge on any atom is -0.310 e. The number of nitrogens with one attached hydrogen (secondary N) is 1. The van der Waals surface area contributed by atoms with Crippen LogP contribution in [0, 0.1) is 0 Å². The molecule has 1 nitrogen and oxygen atoms in total. The van der Waals surface area contributed by atoms with Gasteiger partial charge in [-0.2, -0.15) is 0 Å². The van der Waals surface area contributed by atoms with Crippen LogP contribution in [-0.4, -0.2) is 6.54 Å². The van der Waals surface area contributed by atoms with Crippen LogP contribution < -0.4 is 5.32 Å². The average Bonchev–Trinajstić information content (AvgIpc) is 2.90. The first-order valence-electron chi connectivity index (χ1n) is 8.81. The van der Waals surface area contributed by atoms with Gasteiger partial charge in [0.2, 0.25) is 0 Å². The Balaban J connectivity index is 1.94. The third kappa shape index (κ3) is 3.25. The van der Waals surface area contributed by atoms with E-state index in [9.17, 15) is 0 Å². The van der Waals surface area contributed by atoms with Crippen LogP contribution >= 0.6 is 0 Å². The molecule has 2 unspecified atom stereocenters. The average molecular weight is 305 g/mol. The van der Waals surface area contributed by atoms with Crippen molar-refractivity contribution in [2.75, 3.05) is 6.54 Å². The number of hydrogen-bond donors (Lipinski definition) is 1. The Labute approximate surface area is 140 Å². The fraction of sp³-hybridized carbons (Fsp3) is 0.364. The van der Waals surface area contributed by atoms with Crippen LogP contribution in [0.25, 0.3) is 6.08 Å². The van der Waals surface area contributed by atoms with Gasteiger partial charge in [-0.25, -0.2) is 0 Å². The maximum atomic E-state index is 3.68. The molecule has 1 N–H and O–H groups in total. The first-order chi connectivity index (χ1) is 11.2. The van der Waals surface area contributed by atoms with Crippen molar-refractivity contribution < 1.29 is 0 Å². The fourth-order valence-corrected chi connectivity index (χ4v) is 3.67. The molecule has 1 heteroatoms. The van der Waals surface area contributed by atoms with Gasteiger partial charge in [0.05, 0.1) is 0 Å². The van der Waals surface area contributed by atoms with Gasteiger partial charge in [0.1, 0.15) is 0 Å². The standard InChI is InChI=1S/C22H27N/c1-4-5-14-23-17(3)19-11-8-9-13-21(19)22-16(2)15-18-10-6-7-12-20(18)22/h6-13,15,17,22-23H,4-5,14H2,1-3H3. The molecule has 0 amide bonds. The lowest BCUT2D eigenvalue weighted by Gasteiger charge is -2.23. The van der Waals surface area contributed by atoms with Crippen molar-refractivity contribution in [2.24, 2.45) is 0 Å². The van der Waals surface area contributed by atoms with E-state index in [1.54, 1.807) is 0 Å². The van der Waals surface area contributed by atoms with Crippen LogP contribution in [-0.2, 0) is 0 Å². The molecule has 0 heterocycles. The lowest BCUT2D eigenvalue weighted by molar-refractivity contribution is 0.550. The van der Waals surface area contributed by atoms with Crippen molar-refractivity contribution in [3.63, 3.8) is 0 Å². The Morgan fingerprint density at radius 1 is 1.00 bits per heavy atom. The molecule has 0 radical (unpaired) electrons. The molecule has 0 aliphatic heterocycles. The number of allylic oxidation sites excluding steroid dienone is 1. The summed E-state index contributed by atoms with van der Waals surface area (Å²) in [5.74, 6) is 0.401. The number of fused-ring (bicyclic) bond motifs is 1. The van der Waals surface area contributed by atoms with Crippen molar-refractivity contribution in [1.82, 2.24) is 5.32 Å². The summed E-state index contributed by atoms with van der Waals surface area (Å²) in [5.41, 5.74) is 7.13. The zero-order valence-corrected chi connectivity index (χ0v) is 14.5. The molecule has 3 rings (SSSR count). The predicted octanol–water partition coefficient (Wildman–Crippen LogP) is 5.69. The number of rotatable bonds is 6. The van der Waals surface area contributed by atoms with E-state index in [2.05, 4.69) is 80.7 Å². The van der Waals surface area contributed by atoms with Crippen molar-refractivity contribution in [3.05, 3.63) is 76.4 Å². The lowest BCUT2D eigenvalue weighted by atomic mass is 9.84. The molecule has 0 bridgehead atoms. The first-order valence-corrected chi connectivity index (χ1v) is 8.81. The van der Waals surface area contributed by atoms with E-state index in [1.807, 2.05) is 0 Å². The van der Waals surface area contributed by atoms with E-state index in [0.717, 1.165) is 6.54 Å². The van der Waals surface area contributed by atoms with Crippen molar-refractivity contribution >= 4 is 6.08 Å². The van der Waals surface area contributed by atoms with Crippen molar-refractivity contribution in [1.29, 1.82) is 0 Å². The SMILES string of the molecule is CCCCNC(C)c1ccccc1C1C(C)=Cc2ccccc21. The minimum atomic E-state index is 0.387. The lowest BCUT2D eigenvalue weighted by Crippen LogP contribution is -2.21. The molecule has 2 aromatic rings. The minimum absolute atomic E-state index is 0.387. The van der Waals surface area contributed by atoms with Crippen LogP contribution in [0.1, 0.15) is 67.8 Å². The van der Waals surface area contributed by atoms with Gasteiger partial charge in [-0.15, -0.1) is 0 Å². The second-order valence-electron chi connectivity index (χ2n) is 6.61. The monoisotopic (exact) mass is 305 g/mol. The van der Waals surface area contributed by atoms with E-state index in [0.29, 0.717) is 12.0 Å². The summed E-state index contributed by atoms with van der Waals surface area (Å²) >= 11 is 0. The number of unbranched alkanes of at least 4 members (excludes halogenated alkanes) is 1. The maximum absolute atomic E-state index is 3.68. The van der Waals surface area contributed by atoms with E-state index in [1.165, 1.54) is 40.7 Å². The summed E-state index contributed by atoms with van der Waals surface area (Å²) in [6.45, 7) is 7.87. The summed E-state index contributed by atoms with van der Waals surface area (Å²) in [6.07, 6.45) is 4.81. The van der Waals surface area contributed by atoms with Crippen LogP contribution in [0.2, 0.25) is 0 Å². The van der Waals surface area contributed by atoms with E-state index in [-0.39, 0.29) is 0 Å². The van der Waals surface area contributed by atoms with Gasteiger partial charge >= 0.3 is 0 Å².